The molecule has 6 atom stereocenters. The van der Waals surface area contributed by atoms with Crippen LogP contribution in [0.4, 0.5) is 4.79 Å². The van der Waals surface area contributed by atoms with Crippen molar-refractivity contribution in [1.29, 1.82) is 0 Å². The Morgan fingerprint density at radius 1 is 0.952 bits per heavy atom. The van der Waals surface area contributed by atoms with Crippen LogP contribution in [0, 0.1) is 29.6 Å². The average Bonchev–Trinajstić information content (AvgIpc) is 3.17. The minimum absolute atomic E-state index is 0.0202. The molecule has 2 bridgehead atoms. The highest BCUT2D eigenvalue weighted by molar-refractivity contribution is 5.78. The molecule has 5 nitrogen and oxygen atoms in total. The molecule has 4 aliphatic rings. The minimum Gasteiger partial charge on any atom is -0.481 e. The highest BCUT2D eigenvalue weighted by Crippen LogP contribution is 2.48. The summed E-state index contributed by atoms with van der Waals surface area (Å²) in [5, 5.41) is 12.5. The molecular formula is C16H24N2O3. The molecule has 6 unspecified atom stereocenters. The monoisotopic (exact) mass is 292 g/mol. The Balaban J connectivity index is 1.41. The van der Waals surface area contributed by atoms with Gasteiger partial charge in [-0.2, -0.15) is 0 Å². The van der Waals surface area contributed by atoms with Gasteiger partial charge in [-0.1, -0.05) is 6.42 Å². The number of amides is 2. The van der Waals surface area contributed by atoms with Crippen molar-refractivity contribution in [2.75, 3.05) is 13.1 Å². The van der Waals surface area contributed by atoms with E-state index < -0.39 is 5.97 Å². The van der Waals surface area contributed by atoms with Gasteiger partial charge in [0.1, 0.15) is 0 Å². The van der Waals surface area contributed by atoms with Crippen LogP contribution in [0.3, 0.4) is 0 Å². The zero-order valence-corrected chi connectivity index (χ0v) is 12.3. The topological polar surface area (TPSA) is 69.6 Å². The van der Waals surface area contributed by atoms with E-state index in [1.807, 2.05) is 4.90 Å². The Bertz CT molecular complexity index is 454. The third-order valence-corrected chi connectivity index (χ3v) is 6.51. The van der Waals surface area contributed by atoms with Gasteiger partial charge in [0.05, 0.1) is 5.92 Å². The number of fused-ring (bicyclic) bond motifs is 3. The number of hydrogen-bond acceptors (Lipinski definition) is 2. The maximum Gasteiger partial charge on any atom is 0.317 e. The lowest BCUT2D eigenvalue weighted by molar-refractivity contribution is -0.144. The molecule has 4 rings (SSSR count). The van der Waals surface area contributed by atoms with Gasteiger partial charge in [-0.05, 0) is 55.8 Å². The fourth-order valence-electron chi connectivity index (χ4n) is 5.49. The first-order valence-electron chi connectivity index (χ1n) is 8.41. The normalized spacial score (nSPS) is 44.1. The summed E-state index contributed by atoms with van der Waals surface area (Å²) >= 11 is 0. The quantitative estimate of drug-likeness (QED) is 0.817. The first-order valence-corrected chi connectivity index (χ1v) is 8.41. The van der Waals surface area contributed by atoms with Crippen molar-refractivity contribution in [2.45, 2.75) is 44.6 Å². The van der Waals surface area contributed by atoms with Crippen molar-refractivity contribution >= 4 is 12.0 Å². The molecule has 116 valence electrons. The lowest BCUT2D eigenvalue weighted by Gasteiger charge is -2.30. The molecule has 4 fully saturated rings. The SMILES string of the molecule is O=C(O)C1C2CCC(C2)C1NC(=O)N1CC2CCCC2C1. The molecule has 21 heavy (non-hydrogen) atoms. The molecule has 5 heteroatoms. The van der Waals surface area contributed by atoms with Crippen LogP contribution in [-0.2, 0) is 4.79 Å². The maximum atomic E-state index is 12.5. The highest BCUT2D eigenvalue weighted by Gasteiger charge is 2.52. The summed E-state index contributed by atoms with van der Waals surface area (Å²) in [4.78, 5) is 25.9. The molecule has 0 radical (unpaired) electrons. The molecule has 1 saturated heterocycles. The number of rotatable bonds is 2. The molecule has 0 spiro atoms. The van der Waals surface area contributed by atoms with Gasteiger partial charge < -0.3 is 15.3 Å². The zero-order valence-electron chi connectivity index (χ0n) is 12.3. The molecule has 0 aromatic heterocycles. The smallest absolute Gasteiger partial charge is 0.317 e. The van der Waals surface area contributed by atoms with Gasteiger partial charge >= 0.3 is 12.0 Å². The van der Waals surface area contributed by atoms with Crippen LogP contribution in [0.15, 0.2) is 0 Å². The number of carbonyl (C=O) groups excluding carboxylic acids is 1. The van der Waals surface area contributed by atoms with Crippen LogP contribution in [0.1, 0.15) is 38.5 Å². The van der Waals surface area contributed by atoms with Gasteiger partial charge in [-0.15, -0.1) is 0 Å². The zero-order chi connectivity index (χ0) is 14.6. The summed E-state index contributed by atoms with van der Waals surface area (Å²) in [5.74, 6) is 0.926. The number of carboxylic acids is 1. The van der Waals surface area contributed by atoms with E-state index in [9.17, 15) is 14.7 Å². The second-order valence-corrected chi connectivity index (χ2v) is 7.53. The number of likely N-dealkylation sites (tertiary alicyclic amines) is 1. The molecule has 3 aliphatic carbocycles. The summed E-state index contributed by atoms with van der Waals surface area (Å²) in [5.41, 5.74) is 0. The third kappa shape index (κ3) is 2.12. The summed E-state index contributed by atoms with van der Waals surface area (Å²) in [6, 6.07) is -0.164. The van der Waals surface area contributed by atoms with Gasteiger partial charge in [-0.25, -0.2) is 4.79 Å². The number of carboxylic acid groups (broad SMARTS) is 1. The van der Waals surface area contributed by atoms with E-state index in [1.165, 1.54) is 19.3 Å². The predicted octanol–water partition coefficient (Wildman–Crippen LogP) is 1.93. The third-order valence-electron chi connectivity index (χ3n) is 6.51. The van der Waals surface area contributed by atoms with Crippen molar-refractivity contribution in [2.24, 2.45) is 29.6 Å². The van der Waals surface area contributed by atoms with Crippen LogP contribution in [-0.4, -0.2) is 41.1 Å². The molecule has 2 amide bonds. The summed E-state index contributed by atoms with van der Waals surface area (Å²) in [7, 11) is 0. The van der Waals surface area contributed by atoms with Crippen LogP contribution in [0.2, 0.25) is 0 Å². The lowest BCUT2D eigenvalue weighted by atomic mass is 9.84. The lowest BCUT2D eigenvalue weighted by Crippen LogP contribution is -2.51. The van der Waals surface area contributed by atoms with E-state index in [0.717, 1.165) is 32.4 Å². The number of carbonyl (C=O) groups is 2. The molecule has 0 aromatic carbocycles. The van der Waals surface area contributed by atoms with Gasteiger partial charge in [0.15, 0.2) is 0 Å². The van der Waals surface area contributed by atoms with E-state index >= 15 is 0 Å². The van der Waals surface area contributed by atoms with Crippen molar-refractivity contribution < 1.29 is 14.7 Å². The fourth-order valence-corrected chi connectivity index (χ4v) is 5.49. The van der Waals surface area contributed by atoms with E-state index in [0.29, 0.717) is 17.8 Å². The van der Waals surface area contributed by atoms with Crippen molar-refractivity contribution in [1.82, 2.24) is 10.2 Å². The first kappa shape index (κ1) is 13.4. The maximum absolute atomic E-state index is 12.5. The highest BCUT2D eigenvalue weighted by atomic mass is 16.4. The summed E-state index contributed by atoms with van der Waals surface area (Å²) in [6.07, 6.45) is 6.87. The second kappa shape index (κ2) is 4.89. The van der Waals surface area contributed by atoms with Crippen LogP contribution in [0.5, 0.6) is 0 Å². The molecular weight excluding hydrogens is 268 g/mol. The number of nitrogens with zero attached hydrogens (tertiary/aromatic N) is 1. The minimum atomic E-state index is -0.731. The van der Waals surface area contributed by atoms with Gasteiger partial charge in [0.2, 0.25) is 0 Å². The second-order valence-electron chi connectivity index (χ2n) is 7.53. The molecule has 3 saturated carbocycles. The Hall–Kier alpha value is -1.26. The number of aliphatic carboxylic acids is 1. The Morgan fingerprint density at radius 2 is 1.62 bits per heavy atom. The average molecular weight is 292 g/mol. The molecule has 1 heterocycles. The van der Waals surface area contributed by atoms with Gasteiger partial charge in [-0.3, -0.25) is 4.79 Å². The number of hydrogen-bond donors (Lipinski definition) is 2. The summed E-state index contributed by atoms with van der Waals surface area (Å²) < 4.78 is 0. The van der Waals surface area contributed by atoms with E-state index in [4.69, 9.17) is 0 Å². The Labute approximate surface area is 125 Å². The van der Waals surface area contributed by atoms with E-state index in [2.05, 4.69) is 5.32 Å². The largest absolute Gasteiger partial charge is 0.481 e. The van der Waals surface area contributed by atoms with Crippen LogP contribution in [0.25, 0.3) is 0 Å². The molecule has 1 aliphatic heterocycles. The Kier molecular flexibility index (Phi) is 3.12. The Morgan fingerprint density at radius 3 is 2.29 bits per heavy atom. The van der Waals surface area contributed by atoms with E-state index in [-0.39, 0.29) is 23.9 Å². The van der Waals surface area contributed by atoms with Gasteiger partial charge in [0.25, 0.3) is 0 Å². The predicted molar refractivity (Wildman–Crippen MR) is 76.7 cm³/mol. The number of urea groups is 1. The number of nitrogens with one attached hydrogen (secondary N) is 1. The molecule has 0 aromatic rings. The van der Waals surface area contributed by atoms with Crippen LogP contribution >= 0.6 is 0 Å². The van der Waals surface area contributed by atoms with E-state index in [1.54, 1.807) is 0 Å². The van der Waals surface area contributed by atoms with Crippen molar-refractivity contribution in [3.05, 3.63) is 0 Å². The summed E-state index contributed by atoms with van der Waals surface area (Å²) in [6.45, 7) is 1.74. The van der Waals surface area contributed by atoms with Crippen molar-refractivity contribution in [3.63, 3.8) is 0 Å². The van der Waals surface area contributed by atoms with Gasteiger partial charge in [0, 0.05) is 19.1 Å². The first-order chi connectivity index (χ1) is 10.1. The fraction of sp³-hybridized carbons (Fsp3) is 0.875. The van der Waals surface area contributed by atoms with Crippen LogP contribution < -0.4 is 5.32 Å². The molecule has 2 N–H and O–H groups in total. The standard InChI is InChI=1S/C16H24N2O3/c19-15(20)13-9-4-5-10(6-9)14(13)17-16(21)18-7-11-2-1-3-12(11)8-18/h9-14H,1-8H2,(H,17,21)(H,19,20). The van der Waals surface area contributed by atoms with Crippen molar-refractivity contribution in [3.8, 4) is 0 Å².